The summed E-state index contributed by atoms with van der Waals surface area (Å²) in [6.45, 7) is 5.36. The third kappa shape index (κ3) is 11.8. The van der Waals surface area contributed by atoms with Crippen molar-refractivity contribution in [1.82, 2.24) is 5.32 Å². The first-order chi connectivity index (χ1) is 17.0. The summed E-state index contributed by atoms with van der Waals surface area (Å²) in [6.07, 6.45) is 7.75. The van der Waals surface area contributed by atoms with Crippen LogP contribution in [0.4, 0.5) is 11.4 Å². The molecule has 0 fully saturated rings. The van der Waals surface area contributed by atoms with Crippen LogP contribution < -0.4 is 16.0 Å². The number of halogens is 3. The van der Waals surface area contributed by atoms with E-state index >= 15 is 0 Å². The molecule has 0 radical (unpaired) electrons. The maximum Gasteiger partial charge on any atom is 0.303 e. The molecule has 1 aromatic carbocycles. The molecule has 4 N–H and O–H groups in total. The molecule has 1 unspecified atom stereocenters. The van der Waals surface area contributed by atoms with Gasteiger partial charge in [-0.2, -0.15) is 0 Å². The second-order valence-corrected chi connectivity index (χ2v) is 12.1. The van der Waals surface area contributed by atoms with E-state index < -0.39 is 5.97 Å². The van der Waals surface area contributed by atoms with Crippen LogP contribution in [0.25, 0.3) is 0 Å². The van der Waals surface area contributed by atoms with Crippen molar-refractivity contribution in [3.63, 3.8) is 0 Å². The fourth-order valence-electron chi connectivity index (χ4n) is 3.61. The topological polar surface area (TPSA) is 125 Å². The summed E-state index contributed by atoms with van der Waals surface area (Å²) in [5, 5.41) is 18.5. The minimum absolute atomic E-state index is 0.0154. The van der Waals surface area contributed by atoms with Gasteiger partial charge in [0.25, 0.3) is 5.91 Å². The first-order valence-electron chi connectivity index (χ1n) is 12.2. The third-order valence-electron chi connectivity index (χ3n) is 5.52. The number of hydrogen-bond donors (Lipinski definition) is 4. The first kappa shape index (κ1) is 33.3. The molecule has 0 spiro atoms. The zero-order chi connectivity index (χ0) is 27.3. The van der Waals surface area contributed by atoms with E-state index in [9.17, 15) is 24.3 Å². The molecule has 0 aliphatic carbocycles. The van der Waals surface area contributed by atoms with E-state index in [4.69, 9.17) is 0 Å². The Balaban J connectivity index is 3.23. The summed E-state index contributed by atoms with van der Waals surface area (Å²) in [7, 11) is 0. The number of unbranched alkanes of at least 4 members (excludes halogenated alkanes) is 5. The Morgan fingerprint density at radius 3 is 1.75 bits per heavy atom. The SMILES string of the molecule is CCCCCCCCC(CCC(=O)O)NC(=O)c1c(I)c(NCC(C)=O)c(I)c(NCC(C)=O)c1I. The molecule has 1 atom stereocenters. The van der Waals surface area contributed by atoms with Gasteiger partial charge in [0.1, 0.15) is 11.6 Å². The summed E-state index contributed by atoms with van der Waals surface area (Å²) in [5.41, 5.74) is 1.75. The van der Waals surface area contributed by atoms with Gasteiger partial charge in [-0.3, -0.25) is 19.2 Å². The molecule has 0 saturated heterocycles. The number of Topliss-reactive ketones (excluding diaryl/α,β-unsaturated/α-hetero) is 2. The Bertz CT molecular complexity index is 895. The lowest BCUT2D eigenvalue weighted by Gasteiger charge is -2.23. The molecule has 0 heterocycles. The quantitative estimate of drug-likeness (QED) is 0.102. The van der Waals surface area contributed by atoms with Crippen LogP contribution in [-0.2, 0) is 14.4 Å². The summed E-state index contributed by atoms with van der Waals surface area (Å²) < 4.78 is 2.13. The van der Waals surface area contributed by atoms with Crippen LogP contribution in [0.2, 0.25) is 0 Å². The minimum atomic E-state index is -0.887. The Hall–Kier alpha value is -0.710. The maximum atomic E-state index is 13.5. The van der Waals surface area contributed by atoms with E-state index in [0.29, 0.717) is 36.9 Å². The van der Waals surface area contributed by atoms with E-state index in [1.807, 2.05) is 0 Å². The summed E-state index contributed by atoms with van der Waals surface area (Å²) in [4.78, 5) is 48.0. The number of hydrogen-bond acceptors (Lipinski definition) is 6. The number of carbonyl (C=O) groups excluding carboxylic acids is 3. The Kier molecular flexibility index (Phi) is 16.4. The third-order valence-corrected chi connectivity index (χ3v) is 8.76. The second kappa shape index (κ2) is 17.7. The van der Waals surface area contributed by atoms with E-state index in [-0.39, 0.29) is 43.0 Å². The normalized spacial score (nSPS) is 11.6. The molecule has 1 aromatic rings. The molecule has 0 bridgehead atoms. The number of amides is 1. The van der Waals surface area contributed by atoms with Crippen LogP contribution in [0.15, 0.2) is 0 Å². The van der Waals surface area contributed by atoms with Crippen LogP contribution in [0, 0.1) is 10.7 Å². The van der Waals surface area contributed by atoms with Crippen LogP contribution in [0.3, 0.4) is 0 Å². The lowest BCUT2D eigenvalue weighted by molar-refractivity contribution is -0.137. The molecule has 202 valence electrons. The number of carbonyl (C=O) groups is 4. The zero-order valence-corrected chi connectivity index (χ0v) is 27.5. The number of nitrogens with one attached hydrogen (secondary N) is 3. The molecule has 0 saturated carbocycles. The van der Waals surface area contributed by atoms with Crippen molar-refractivity contribution in [2.45, 2.75) is 84.6 Å². The summed E-state index contributed by atoms with van der Waals surface area (Å²) in [6, 6.07) is -0.257. The highest BCUT2D eigenvalue weighted by Gasteiger charge is 2.26. The molecule has 1 rings (SSSR count). The van der Waals surface area contributed by atoms with Gasteiger partial charge >= 0.3 is 5.97 Å². The van der Waals surface area contributed by atoms with E-state index in [1.54, 1.807) is 0 Å². The fraction of sp³-hybridized carbons (Fsp3) is 0.600. The monoisotopic (exact) mass is 839 g/mol. The van der Waals surface area contributed by atoms with Crippen molar-refractivity contribution < 1.29 is 24.3 Å². The molecule has 1 amide bonds. The fourth-order valence-corrected chi connectivity index (χ4v) is 8.03. The molecular weight excluding hydrogens is 803 g/mol. The molecular formula is C25H36I3N3O5. The van der Waals surface area contributed by atoms with Gasteiger partial charge < -0.3 is 21.1 Å². The average molecular weight is 839 g/mol. The second-order valence-electron chi connectivity index (χ2n) is 8.84. The predicted octanol–water partition coefficient (Wildman–Crippen LogP) is 6.22. The van der Waals surface area contributed by atoms with Gasteiger partial charge in [0.2, 0.25) is 0 Å². The zero-order valence-electron chi connectivity index (χ0n) is 21.1. The lowest BCUT2D eigenvalue weighted by Crippen LogP contribution is -2.36. The minimum Gasteiger partial charge on any atom is -0.481 e. The van der Waals surface area contributed by atoms with Crippen molar-refractivity contribution in [3.8, 4) is 0 Å². The average Bonchev–Trinajstić information content (AvgIpc) is 2.78. The van der Waals surface area contributed by atoms with Gasteiger partial charge in [-0.15, -0.1) is 0 Å². The van der Waals surface area contributed by atoms with E-state index in [1.165, 1.54) is 33.1 Å². The van der Waals surface area contributed by atoms with E-state index in [0.717, 1.165) is 22.8 Å². The Morgan fingerprint density at radius 2 is 1.28 bits per heavy atom. The summed E-state index contributed by atoms with van der Waals surface area (Å²) >= 11 is 6.36. The van der Waals surface area contributed by atoms with Crippen molar-refractivity contribution in [1.29, 1.82) is 0 Å². The number of carboxylic acids is 1. The van der Waals surface area contributed by atoms with Crippen LogP contribution >= 0.6 is 67.8 Å². The highest BCUT2D eigenvalue weighted by atomic mass is 127. The lowest BCUT2D eigenvalue weighted by atomic mass is 10.0. The number of anilines is 2. The van der Waals surface area contributed by atoms with Crippen molar-refractivity contribution >= 4 is 103 Å². The number of rotatable bonds is 18. The molecule has 8 nitrogen and oxygen atoms in total. The van der Waals surface area contributed by atoms with E-state index in [2.05, 4.69) is 90.6 Å². The van der Waals surface area contributed by atoms with Gasteiger partial charge in [-0.1, -0.05) is 45.4 Å². The number of ketones is 2. The largest absolute Gasteiger partial charge is 0.481 e. The molecule has 11 heteroatoms. The van der Waals surface area contributed by atoms with Crippen molar-refractivity contribution in [2.75, 3.05) is 23.7 Å². The molecule has 0 aliphatic heterocycles. The highest BCUT2D eigenvalue weighted by Crippen LogP contribution is 2.39. The van der Waals surface area contributed by atoms with Crippen molar-refractivity contribution in [3.05, 3.63) is 16.3 Å². The summed E-state index contributed by atoms with van der Waals surface area (Å²) in [5.74, 6) is -1.27. The van der Waals surface area contributed by atoms with Gasteiger partial charge in [-0.25, -0.2) is 0 Å². The first-order valence-corrected chi connectivity index (χ1v) is 15.4. The smallest absolute Gasteiger partial charge is 0.303 e. The Labute approximate surface area is 254 Å². The van der Waals surface area contributed by atoms with Gasteiger partial charge in [0.05, 0.1) is 40.7 Å². The Morgan fingerprint density at radius 1 is 0.778 bits per heavy atom. The van der Waals surface area contributed by atoms with Crippen LogP contribution in [0.1, 0.15) is 88.9 Å². The maximum absolute atomic E-state index is 13.5. The van der Waals surface area contributed by atoms with Gasteiger partial charge in [0, 0.05) is 12.5 Å². The standard InChI is InChI=1S/C25H36I3N3O5/c1-4-5-6-7-8-9-10-17(11-12-18(34)35)31-25(36)19-20(26)23(29-13-15(2)32)22(28)24(21(19)27)30-14-16(3)33/h17,29-30H,4-14H2,1-3H3,(H,31,36)(H,34,35). The molecule has 0 aliphatic rings. The van der Waals surface area contributed by atoms with Gasteiger partial charge in [0.15, 0.2) is 0 Å². The van der Waals surface area contributed by atoms with Crippen LogP contribution in [0.5, 0.6) is 0 Å². The van der Waals surface area contributed by atoms with Crippen molar-refractivity contribution in [2.24, 2.45) is 0 Å². The van der Waals surface area contributed by atoms with Crippen LogP contribution in [-0.4, -0.2) is 47.7 Å². The number of aliphatic carboxylic acids is 1. The molecule has 0 aromatic heterocycles. The number of carboxylic acid groups (broad SMARTS) is 1. The highest BCUT2D eigenvalue weighted by molar-refractivity contribution is 14.1. The molecule has 36 heavy (non-hydrogen) atoms. The number of benzene rings is 1. The van der Waals surface area contributed by atoms with Gasteiger partial charge in [-0.05, 0) is 94.5 Å². The predicted molar refractivity (Wildman–Crippen MR) is 169 cm³/mol.